The van der Waals surface area contributed by atoms with E-state index in [1.807, 2.05) is 9.80 Å². The van der Waals surface area contributed by atoms with Gasteiger partial charge in [-0.05, 0) is 49.9 Å². The van der Waals surface area contributed by atoms with Gasteiger partial charge in [0.15, 0.2) is 0 Å². The number of rotatable bonds is 6. The van der Waals surface area contributed by atoms with Crippen LogP contribution in [-0.4, -0.2) is 91.1 Å². The van der Waals surface area contributed by atoms with Crippen LogP contribution in [-0.2, 0) is 14.3 Å². The molecule has 3 heterocycles. The number of carbonyl (C=O) groups is 2. The number of hydrogen-bond donors (Lipinski definition) is 0. The van der Waals surface area contributed by atoms with Gasteiger partial charge in [-0.1, -0.05) is 0 Å². The fourth-order valence-electron chi connectivity index (χ4n) is 4.47. The molecule has 3 saturated heterocycles. The molecule has 7 nitrogen and oxygen atoms in total. The molecule has 0 unspecified atom stereocenters. The van der Waals surface area contributed by atoms with Crippen molar-refractivity contribution in [1.29, 1.82) is 0 Å². The van der Waals surface area contributed by atoms with Crippen molar-refractivity contribution >= 4 is 11.8 Å². The quantitative estimate of drug-likeness (QED) is 0.700. The van der Waals surface area contributed by atoms with Crippen molar-refractivity contribution < 1.29 is 23.5 Å². The lowest BCUT2D eigenvalue weighted by molar-refractivity contribution is -0.155. The Labute approximate surface area is 176 Å². The van der Waals surface area contributed by atoms with Crippen LogP contribution < -0.4 is 4.74 Å². The van der Waals surface area contributed by atoms with Crippen molar-refractivity contribution in [2.45, 2.75) is 37.8 Å². The molecule has 164 valence electrons. The standard InChI is InChI=1S/C22H30FN3O4/c23-17-3-5-19(6-4-17)29-15-20-13-26(22(28)16-30-20)18-7-11-24(12-8-18)14-21(27)25-9-1-2-10-25/h3-6,18,20H,1-2,7-16H2/t20-/m0/s1. The molecule has 0 spiro atoms. The predicted octanol–water partition coefficient (Wildman–Crippen LogP) is 1.52. The van der Waals surface area contributed by atoms with Crippen LogP contribution in [0.5, 0.6) is 5.75 Å². The maximum absolute atomic E-state index is 13.0. The van der Waals surface area contributed by atoms with Crippen molar-refractivity contribution in [1.82, 2.24) is 14.7 Å². The van der Waals surface area contributed by atoms with Crippen LogP contribution in [0.1, 0.15) is 25.7 Å². The van der Waals surface area contributed by atoms with E-state index in [1.165, 1.54) is 12.1 Å². The minimum Gasteiger partial charge on any atom is -0.491 e. The molecule has 0 N–H and O–H groups in total. The zero-order valence-corrected chi connectivity index (χ0v) is 17.3. The lowest BCUT2D eigenvalue weighted by Crippen LogP contribution is -2.56. The zero-order valence-electron chi connectivity index (χ0n) is 17.3. The first-order valence-corrected chi connectivity index (χ1v) is 10.9. The van der Waals surface area contributed by atoms with Crippen LogP contribution >= 0.6 is 0 Å². The topological polar surface area (TPSA) is 62.3 Å². The van der Waals surface area contributed by atoms with Crippen LogP contribution in [0.15, 0.2) is 24.3 Å². The van der Waals surface area contributed by atoms with Crippen LogP contribution in [0.2, 0.25) is 0 Å². The van der Waals surface area contributed by atoms with E-state index in [1.54, 1.807) is 12.1 Å². The molecule has 0 radical (unpaired) electrons. The molecule has 1 aromatic rings. The maximum Gasteiger partial charge on any atom is 0.248 e. The maximum atomic E-state index is 13.0. The first-order valence-electron chi connectivity index (χ1n) is 10.9. The summed E-state index contributed by atoms with van der Waals surface area (Å²) in [6, 6.07) is 6.05. The van der Waals surface area contributed by atoms with Crippen molar-refractivity contribution in [3.8, 4) is 5.75 Å². The van der Waals surface area contributed by atoms with Crippen molar-refractivity contribution in [3.63, 3.8) is 0 Å². The lowest BCUT2D eigenvalue weighted by Gasteiger charge is -2.42. The third-order valence-corrected chi connectivity index (χ3v) is 6.23. The average molecular weight is 419 g/mol. The van der Waals surface area contributed by atoms with Gasteiger partial charge in [0.1, 0.15) is 30.9 Å². The van der Waals surface area contributed by atoms with E-state index in [0.29, 0.717) is 25.4 Å². The summed E-state index contributed by atoms with van der Waals surface area (Å²) >= 11 is 0. The van der Waals surface area contributed by atoms with Crippen LogP contribution in [0.25, 0.3) is 0 Å². The number of benzene rings is 1. The molecule has 3 aliphatic heterocycles. The van der Waals surface area contributed by atoms with Gasteiger partial charge in [-0.15, -0.1) is 0 Å². The Morgan fingerprint density at radius 1 is 1.10 bits per heavy atom. The number of carbonyl (C=O) groups excluding carboxylic acids is 2. The van der Waals surface area contributed by atoms with Crippen LogP contribution in [0, 0.1) is 5.82 Å². The number of amides is 2. The highest BCUT2D eigenvalue weighted by atomic mass is 19.1. The first-order chi connectivity index (χ1) is 14.6. The van der Waals surface area contributed by atoms with Gasteiger partial charge in [-0.3, -0.25) is 14.5 Å². The molecule has 0 aliphatic carbocycles. The van der Waals surface area contributed by atoms with Gasteiger partial charge < -0.3 is 19.3 Å². The molecule has 0 aromatic heterocycles. The predicted molar refractivity (Wildman–Crippen MR) is 109 cm³/mol. The molecule has 0 saturated carbocycles. The van der Waals surface area contributed by atoms with E-state index in [-0.39, 0.29) is 36.4 Å². The average Bonchev–Trinajstić information content (AvgIpc) is 3.30. The second-order valence-electron chi connectivity index (χ2n) is 8.34. The fraction of sp³-hybridized carbons (Fsp3) is 0.636. The van der Waals surface area contributed by atoms with Gasteiger partial charge in [-0.2, -0.15) is 0 Å². The van der Waals surface area contributed by atoms with E-state index in [0.717, 1.165) is 51.9 Å². The number of likely N-dealkylation sites (tertiary alicyclic amines) is 2. The Kier molecular flexibility index (Phi) is 6.84. The Bertz CT molecular complexity index is 730. The van der Waals surface area contributed by atoms with Crippen LogP contribution in [0.3, 0.4) is 0 Å². The third kappa shape index (κ3) is 5.29. The van der Waals surface area contributed by atoms with Gasteiger partial charge in [0, 0.05) is 32.2 Å². The zero-order chi connectivity index (χ0) is 20.9. The molecule has 1 atom stereocenters. The normalized spacial score (nSPS) is 23.8. The Hall–Kier alpha value is -2.19. The van der Waals surface area contributed by atoms with E-state index in [2.05, 4.69) is 4.90 Å². The molecule has 30 heavy (non-hydrogen) atoms. The Morgan fingerprint density at radius 2 is 1.80 bits per heavy atom. The summed E-state index contributed by atoms with van der Waals surface area (Å²) in [5.41, 5.74) is 0. The van der Waals surface area contributed by atoms with Gasteiger partial charge in [0.2, 0.25) is 11.8 Å². The second-order valence-corrected chi connectivity index (χ2v) is 8.34. The van der Waals surface area contributed by atoms with Gasteiger partial charge >= 0.3 is 0 Å². The largest absolute Gasteiger partial charge is 0.491 e. The molecule has 3 fully saturated rings. The van der Waals surface area contributed by atoms with Crippen LogP contribution in [0.4, 0.5) is 4.39 Å². The summed E-state index contributed by atoms with van der Waals surface area (Å²) in [6.45, 7) is 4.79. The summed E-state index contributed by atoms with van der Waals surface area (Å²) in [5, 5.41) is 0. The molecule has 3 aliphatic rings. The monoisotopic (exact) mass is 419 g/mol. The Balaban J connectivity index is 1.23. The summed E-state index contributed by atoms with van der Waals surface area (Å²) in [7, 11) is 0. The van der Waals surface area contributed by atoms with Crippen molar-refractivity contribution in [2.24, 2.45) is 0 Å². The summed E-state index contributed by atoms with van der Waals surface area (Å²) in [5.74, 6) is 0.520. The van der Waals surface area contributed by atoms with Gasteiger partial charge in [0.05, 0.1) is 13.1 Å². The molecule has 0 bridgehead atoms. The number of halogens is 1. The summed E-state index contributed by atoms with van der Waals surface area (Å²) < 4.78 is 24.3. The highest BCUT2D eigenvalue weighted by Crippen LogP contribution is 2.21. The number of nitrogens with zero attached hydrogens (tertiary/aromatic N) is 3. The van der Waals surface area contributed by atoms with Crippen molar-refractivity contribution in [3.05, 3.63) is 30.1 Å². The second kappa shape index (κ2) is 9.75. The first kappa shape index (κ1) is 21.1. The fourth-order valence-corrected chi connectivity index (χ4v) is 4.47. The summed E-state index contributed by atoms with van der Waals surface area (Å²) in [6.07, 6.45) is 3.75. The van der Waals surface area contributed by atoms with E-state index >= 15 is 0 Å². The summed E-state index contributed by atoms with van der Waals surface area (Å²) in [4.78, 5) is 30.9. The lowest BCUT2D eigenvalue weighted by atomic mass is 10.0. The van der Waals surface area contributed by atoms with Gasteiger partial charge in [0.25, 0.3) is 0 Å². The SMILES string of the molecule is O=C(CN1CCC(N2C[C@@H](COc3ccc(F)cc3)OCC2=O)CC1)N1CCCC1. The van der Waals surface area contributed by atoms with E-state index in [9.17, 15) is 14.0 Å². The minimum atomic E-state index is -0.304. The molecule has 1 aromatic carbocycles. The Morgan fingerprint density at radius 3 is 2.50 bits per heavy atom. The van der Waals surface area contributed by atoms with E-state index in [4.69, 9.17) is 9.47 Å². The van der Waals surface area contributed by atoms with Crippen molar-refractivity contribution in [2.75, 3.05) is 52.5 Å². The number of ether oxygens (including phenoxy) is 2. The number of morpholine rings is 1. The molecule has 2 amide bonds. The highest BCUT2D eigenvalue weighted by Gasteiger charge is 2.34. The molecular formula is C22H30FN3O4. The molecule has 8 heteroatoms. The smallest absolute Gasteiger partial charge is 0.248 e. The third-order valence-electron chi connectivity index (χ3n) is 6.23. The van der Waals surface area contributed by atoms with Gasteiger partial charge in [-0.25, -0.2) is 4.39 Å². The number of hydrogen-bond acceptors (Lipinski definition) is 5. The minimum absolute atomic E-state index is 0.0135. The molecule has 4 rings (SSSR count). The molecular weight excluding hydrogens is 389 g/mol. The number of piperidine rings is 1. The highest BCUT2D eigenvalue weighted by molar-refractivity contribution is 5.79. The van der Waals surface area contributed by atoms with E-state index < -0.39 is 0 Å².